The van der Waals surface area contributed by atoms with Crippen LogP contribution in [0.25, 0.3) is 11.3 Å². The normalized spacial score (nSPS) is 10.5. The van der Waals surface area contributed by atoms with Crippen molar-refractivity contribution in [2.45, 2.75) is 0 Å². The zero-order valence-electron chi connectivity index (χ0n) is 8.90. The number of hydrogen-bond donors (Lipinski definition) is 2. The van der Waals surface area contributed by atoms with Gasteiger partial charge in [-0.3, -0.25) is 9.55 Å². The standard InChI is InChI=1S/C11H9FN2O3/c1-14-9(6-2-4-7(12)5-3-6)8(10(15)16)13-11(14)17/h2-5H,1H3,(H,13,17)(H,15,16). The van der Waals surface area contributed by atoms with Crippen molar-refractivity contribution in [1.82, 2.24) is 9.55 Å². The number of aromatic amines is 1. The molecule has 5 nitrogen and oxygen atoms in total. The van der Waals surface area contributed by atoms with Crippen LogP contribution >= 0.6 is 0 Å². The van der Waals surface area contributed by atoms with Crippen LogP contribution in [0, 0.1) is 5.82 Å². The highest BCUT2D eigenvalue weighted by Crippen LogP contribution is 2.21. The molecular formula is C11H9FN2O3. The van der Waals surface area contributed by atoms with E-state index in [2.05, 4.69) is 4.98 Å². The number of carboxylic acids is 1. The fourth-order valence-electron chi connectivity index (χ4n) is 1.62. The highest BCUT2D eigenvalue weighted by Gasteiger charge is 2.18. The first-order chi connectivity index (χ1) is 8.00. The maximum Gasteiger partial charge on any atom is 0.354 e. The van der Waals surface area contributed by atoms with Gasteiger partial charge in [0.2, 0.25) is 0 Å². The van der Waals surface area contributed by atoms with Crippen molar-refractivity contribution in [3.8, 4) is 11.3 Å². The van der Waals surface area contributed by atoms with E-state index in [4.69, 9.17) is 5.11 Å². The van der Waals surface area contributed by atoms with Crippen molar-refractivity contribution < 1.29 is 14.3 Å². The Kier molecular flexibility index (Phi) is 2.55. The third-order valence-corrected chi connectivity index (χ3v) is 2.44. The van der Waals surface area contributed by atoms with Gasteiger partial charge < -0.3 is 5.11 Å². The second kappa shape index (κ2) is 3.89. The Labute approximate surface area is 95.1 Å². The topological polar surface area (TPSA) is 75.1 Å². The molecule has 2 N–H and O–H groups in total. The molecule has 0 aliphatic rings. The van der Waals surface area contributed by atoms with Crippen molar-refractivity contribution >= 4 is 5.97 Å². The van der Waals surface area contributed by atoms with Crippen LogP contribution in [0.2, 0.25) is 0 Å². The number of halogens is 1. The van der Waals surface area contributed by atoms with E-state index in [1.54, 1.807) is 0 Å². The third kappa shape index (κ3) is 1.84. The molecule has 0 saturated heterocycles. The minimum Gasteiger partial charge on any atom is -0.477 e. The lowest BCUT2D eigenvalue weighted by molar-refractivity contribution is 0.0691. The summed E-state index contributed by atoms with van der Waals surface area (Å²) in [4.78, 5) is 24.6. The molecule has 1 aromatic heterocycles. The minimum atomic E-state index is -1.23. The Balaban J connectivity index is 2.69. The Morgan fingerprint density at radius 3 is 2.47 bits per heavy atom. The molecule has 0 spiro atoms. The van der Waals surface area contributed by atoms with Gasteiger partial charge in [-0.2, -0.15) is 0 Å². The van der Waals surface area contributed by atoms with Gasteiger partial charge in [0.15, 0.2) is 5.69 Å². The van der Waals surface area contributed by atoms with Crippen LogP contribution in [0.3, 0.4) is 0 Å². The smallest absolute Gasteiger partial charge is 0.354 e. The lowest BCUT2D eigenvalue weighted by Crippen LogP contribution is -2.13. The van der Waals surface area contributed by atoms with Crippen molar-refractivity contribution in [2.75, 3.05) is 0 Å². The number of aromatic nitrogens is 2. The number of aromatic carboxylic acids is 1. The summed E-state index contributed by atoms with van der Waals surface area (Å²) >= 11 is 0. The number of nitrogens with zero attached hydrogens (tertiary/aromatic N) is 1. The first-order valence-electron chi connectivity index (χ1n) is 4.79. The average Bonchev–Trinajstić information content (AvgIpc) is 2.57. The molecule has 1 aromatic carbocycles. The molecule has 0 atom stereocenters. The van der Waals surface area contributed by atoms with Gasteiger partial charge in [-0.1, -0.05) is 0 Å². The maximum atomic E-state index is 12.8. The molecular weight excluding hydrogens is 227 g/mol. The summed E-state index contributed by atoms with van der Waals surface area (Å²) in [6, 6.07) is 5.26. The van der Waals surface area contributed by atoms with Crippen molar-refractivity contribution in [1.29, 1.82) is 0 Å². The molecule has 88 valence electrons. The zero-order chi connectivity index (χ0) is 12.6. The number of H-pyrrole nitrogens is 1. The molecule has 0 radical (unpaired) electrons. The molecule has 0 amide bonds. The van der Waals surface area contributed by atoms with Gasteiger partial charge >= 0.3 is 11.7 Å². The summed E-state index contributed by atoms with van der Waals surface area (Å²) in [5.41, 5.74) is -0.0435. The number of hydrogen-bond acceptors (Lipinski definition) is 2. The van der Waals surface area contributed by atoms with E-state index >= 15 is 0 Å². The van der Waals surface area contributed by atoms with Crippen molar-refractivity contribution in [3.05, 3.63) is 46.3 Å². The summed E-state index contributed by atoms with van der Waals surface area (Å²) in [6.45, 7) is 0. The first kappa shape index (κ1) is 11.1. The Morgan fingerprint density at radius 2 is 1.94 bits per heavy atom. The number of rotatable bonds is 2. The zero-order valence-corrected chi connectivity index (χ0v) is 8.90. The summed E-state index contributed by atoms with van der Waals surface area (Å²) in [7, 11) is 1.45. The summed E-state index contributed by atoms with van der Waals surface area (Å²) in [5.74, 6) is -1.66. The molecule has 0 saturated carbocycles. The molecule has 0 aliphatic heterocycles. The number of imidazole rings is 1. The Bertz CT molecular complexity index is 625. The predicted molar refractivity (Wildman–Crippen MR) is 58.4 cm³/mol. The van der Waals surface area contributed by atoms with E-state index in [-0.39, 0.29) is 11.4 Å². The third-order valence-electron chi connectivity index (χ3n) is 2.44. The van der Waals surface area contributed by atoms with Gasteiger partial charge in [0.05, 0.1) is 5.69 Å². The number of carboxylic acid groups (broad SMARTS) is 1. The van der Waals surface area contributed by atoms with E-state index in [9.17, 15) is 14.0 Å². The Hall–Kier alpha value is -2.37. The minimum absolute atomic E-state index is 0.205. The second-order valence-corrected chi connectivity index (χ2v) is 3.52. The monoisotopic (exact) mass is 236 g/mol. The summed E-state index contributed by atoms with van der Waals surface area (Å²) < 4.78 is 14.0. The summed E-state index contributed by atoms with van der Waals surface area (Å²) in [5, 5.41) is 8.96. The van der Waals surface area contributed by atoms with Gasteiger partial charge in [0.25, 0.3) is 0 Å². The lowest BCUT2D eigenvalue weighted by atomic mass is 10.1. The average molecular weight is 236 g/mol. The van der Waals surface area contributed by atoms with Gasteiger partial charge in [0, 0.05) is 12.6 Å². The maximum absolute atomic E-state index is 12.8. The molecule has 6 heteroatoms. The van der Waals surface area contributed by atoms with E-state index in [1.165, 1.54) is 35.9 Å². The van der Waals surface area contributed by atoms with Crippen molar-refractivity contribution in [2.24, 2.45) is 7.05 Å². The highest BCUT2D eigenvalue weighted by atomic mass is 19.1. The largest absolute Gasteiger partial charge is 0.477 e. The van der Waals surface area contributed by atoms with Crippen LogP contribution in [0.5, 0.6) is 0 Å². The van der Waals surface area contributed by atoms with Crippen LogP contribution in [0.4, 0.5) is 4.39 Å². The van der Waals surface area contributed by atoms with Crippen molar-refractivity contribution in [3.63, 3.8) is 0 Å². The number of carbonyl (C=O) groups is 1. The van der Waals surface area contributed by atoms with Crippen LogP contribution in [0.15, 0.2) is 29.1 Å². The van der Waals surface area contributed by atoms with E-state index in [0.29, 0.717) is 5.56 Å². The SMILES string of the molecule is Cn1c(-c2ccc(F)cc2)c(C(=O)O)[nH]c1=O. The molecule has 1 heterocycles. The van der Waals surface area contributed by atoms with Crippen LogP contribution in [-0.4, -0.2) is 20.6 Å². The molecule has 2 aromatic rings. The number of benzene rings is 1. The molecule has 2 rings (SSSR count). The van der Waals surface area contributed by atoms with E-state index in [0.717, 1.165) is 0 Å². The van der Waals surface area contributed by atoms with Crippen LogP contribution < -0.4 is 5.69 Å². The fraction of sp³-hybridized carbons (Fsp3) is 0.0909. The highest BCUT2D eigenvalue weighted by molar-refractivity contribution is 5.92. The number of nitrogens with one attached hydrogen (secondary N) is 1. The molecule has 0 aliphatic carbocycles. The quantitative estimate of drug-likeness (QED) is 0.823. The fourth-order valence-corrected chi connectivity index (χ4v) is 1.62. The van der Waals surface area contributed by atoms with Gasteiger partial charge in [0.1, 0.15) is 5.82 Å². The second-order valence-electron chi connectivity index (χ2n) is 3.52. The Morgan fingerprint density at radius 1 is 1.35 bits per heavy atom. The van der Waals surface area contributed by atoms with E-state index < -0.39 is 17.5 Å². The van der Waals surface area contributed by atoms with Crippen LogP contribution in [0.1, 0.15) is 10.5 Å². The molecule has 0 fully saturated rings. The van der Waals surface area contributed by atoms with E-state index in [1.807, 2.05) is 0 Å². The predicted octanol–water partition coefficient (Wildman–Crippen LogP) is 1.22. The molecule has 17 heavy (non-hydrogen) atoms. The van der Waals surface area contributed by atoms with Gasteiger partial charge in [-0.05, 0) is 24.3 Å². The molecule has 0 bridgehead atoms. The van der Waals surface area contributed by atoms with Crippen LogP contribution in [-0.2, 0) is 7.05 Å². The van der Waals surface area contributed by atoms with Gasteiger partial charge in [-0.15, -0.1) is 0 Å². The summed E-state index contributed by atoms with van der Waals surface area (Å²) in [6.07, 6.45) is 0. The first-order valence-corrected chi connectivity index (χ1v) is 4.79. The van der Waals surface area contributed by atoms with Gasteiger partial charge in [-0.25, -0.2) is 14.0 Å². The molecule has 0 unspecified atom stereocenters. The lowest BCUT2D eigenvalue weighted by Gasteiger charge is -2.03.